The van der Waals surface area contributed by atoms with Gasteiger partial charge in [-0.25, -0.2) is 9.97 Å². The van der Waals surface area contributed by atoms with Crippen molar-refractivity contribution >= 4 is 33.7 Å². The smallest absolute Gasteiger partial charge is 0.231 e. The molecule has 0 unspecified atom stereocenters. The van der Waals surface area contributed by atoms with E-state index in [0.29, 0.717) is 28.4 Å². The molecule has 4 aromatic heterocycles. The summed E-state index contributed by atoms with van der Waals surface area (Å²) < 4.78 is 11.0. The number of hydrogen-bond acceptors (Lipinski definition) is 7. The summed E-state index contributed by atoms with van der Waals surface area (Å²) in [6, 6.07) is 17.6. The van der Waals surface area contributed by atoms with Gasteiger partial charge in [0.1, 0.15) is 5.52 Å². The molecule has 40 heavy (non-hydrogen) atoms. The molecule has 0 spiro atoms. The molecule has 1 amide bonds. The molecule has 0 radical (unpaired) electrons. The fraction of sp³-hybridized carbons (Fsp3) is 0.167. The van der Waals surface area contributed by atoms with Gasteiger partial charge in [0.05, 0.1) is 34.1 Å². The lowest BCUT2D eigenvalue weighted by atomic mass is 9.95. The minimum atomic E-state index is -0.520. The van der Waals surface area contributed by atoms with Crippen molar-refractivity contribution in [2.24, 2.45) is 5.41 Å². The summed E-state index contributed by atoms with van der Waals surface area (Å²) in [6.07, 6.45) is 3.35. The number of carbonyl (C=O) groups is 1. The monoisotopic (exact) mass is 531 g/mol. The first-order valence-corrected chi connectivity index (χ1v) is 12.8. The van der Waals surface area contributed by atoms with Crippen molar-refractivity contribution in [2.45, 2.75) is 20.8 Å². The Bertz CT molecular complexity index is 1930. The molecule has 0 fully saturated rings. The van der Waals surface area contributed by atoms with Gasteiger partial charge in [0.2, 0.25) is 12.7 Å². The van der Waals surface area contributed by atoms with E-state index < -0.39 is 5.41 Å². The number of fused-ring (bicyclic) bond motifs is 3. The van der Waals surface area contributed by atoms with E-state index in [1.807, 2.05) is 75.4 Å². The van der Waals surface area contributed by atoms with Gasteiger partial charge in [-0.15, -0.1) is 0 Å². The lowest BCUT2D eigenvalue weighted by Gasteiger charge is -2.17. The average Bonchev–Trinajstić information content (AvgIpc) is 3.69. The van der Waals surface area contributed by atoms with E-state index in [0.717, 1.165) is 44.7 Å². The number of carbonyl (C=O) groups excluding carboxylic acids is 1. The van der Waals surface area contributed by atoms with Gasteiger partial charge in [0, 0.05) is 22.7 Å². The molecule has 6 aromatic rings. The number of para-hydroxylation sites is 1. The van der Waals surface area contributed by atoms with Crippen LogP contribution in [0.1, 0.15) is 20.8 Å². The zero-order valence-corrected chi connectivity index (χ0v) is 22.1. The first-order valence-electron chi connectivity index (χ1n) is 12.8. The molecule has 10 nitrogen and oxygen atoms in total. The third-order valence-corrected chi connectivity index (χ3v) is 6.80. The Morgan fingerprint density at radius 1 is 0.900 bits per heavy atom. The number of ether oxygens (including phenoxy) is 2. The van der Waals surface area contributed by atoms with Crippen LogP contribution in [0.5, 0.6) is 11.5 Å². The summed E-state index contributed by atoms with van der Waals surface area (Å²) >= 11 is 0. The molecule has 0 saturated carbocycles. The molecule has 0 aliphatic carbocycles. The van der Waals surface area contributed by atoms with Crippen molar-refractivity contribution in [1.29, 1.82) is 0 Å². The minimum Gasteiger partial charge on any atom is -0.454 e. The van der Waals surface area contributed by atoms with Crippen molar-refractivity contribution in [1.82, 2.24) is 30.1 Å². The number of H-pyrrole nitrogens is 2. The van der Waals surface area contributed by atoms with Gasteiger partial charge in [0.25, 0.3) is 0 Å². The SMILES string of the molecule is CC(C)(C)C(=O)Nc1cncc(-c2ccc3[nH]nc(-c4nc5c(-c6ccc7c(c6)OCO7)cccc5[nH]4)c3n2)c1. The lowest BCUT2D eigenvalue weighted by Crippen LogP contribution is -2.27. The maximum Gasteiger partial charge on any atom is 0.231 e. The maximum atomic E-state index is 12.5. The van der Waals surface area contributed by atoms with Gasteiger partial charge in [-0.2, -0.15) is 5.10 Å². The number of aromatic nitrogens is 6. The van der Waals surface area contributed by atoms with Crippen LogP contribution in [0.4, 0.5) is 5.69 Å². The van der Waals surface area contributed by atoms with Crippen molar-refractivity contribution in [3.05, 3.63) is 67.0 Å². The highest BCUT2D eigenvalue weighted by atomic mass is 16.7. The third kappa shape index (κ3) is 4.10. The Kier molecular flexibility index (Phi) is 5.31. The maximum absolute atomic E-state index is 12.5. The molecule has 7 rings (SSSR count). The molecule has 2 aromatic carbocycles. The summed E-state index contributed by atoms with van der Waals surface area (Å²) in [7, 11) is 0. The molecule has 1 aliphatic heterocycles. The molecule has 0 saturated heterocycles. The van der Waals surface area contributed by atoms with Gasteiger partial charge in [-0.1, -0.05) is 39.0 Å². The molecule has 5 heterocycles. The number of benzene rings is 2. The van der Waals surface area contributed by atoms with Crippen LogP contribution in [0, 0.1) is 5.41 Å². The van der Waals surface area contributed by atoms with Crippen molar-refractivity contribution in [3.63, 3.8) is 0 Å². The van der Waals surface area contributed by atoms with E-state index in [1.165, 1.54) is 0 Å². The Labute approximate surface area is 228 Å². The van der Waals surface area contributed by atoms with E-state index in [9.17, 15) is 4.79 Å². The zero-order chi connectivity index (χ0) is 27.4. The normalized spacial score (nSPS) is 12.8. The number of aromatic amines is 2. The number of nitrogens with zero attached hydrogens (tertiary/aromatic N) is 4. The molecule has 0 bridgehead atoms. The van der Waals surface area contributed by atoms with E-state index in [-0.39, 0.29) is 12.7 Å². The number of amides is 1. The topological polar surface area (TPSA) is 131 Å². The fourth-order valence-corrected chi connectivity index (χ4v) is 4.63. The Morgan fingerprint density at radius 3 is 2.65 bits per heavy atom. The van der Waals surface area contributed by atoms with Crippen LogP contribution in [0.3, 0.4) is 0 Å². The Balaban J connectivity index is 1.27. The predicted molar refractivity (Wildman–Crippen MR) is 152 cm³/mol. The van der Waals surface area contributed by atoms with Gasteiger partial charge < -0.3 is 19.8 Å². The van der Waals surface area contributed by atoms with E-state index in [4.69, 9.17) is 19.4 Å². The molecule has 10 heteroatoms. The molecular weight excluding hydrogens is 506 g/mol. The van der Waals surface area contributed by atoms with Gasteiger partial charge >= 0.3 is 0 Å². The molecular formula is C30H25N7O3. The van der Waals surface area contributed by atoms with Crippen LogP contribution in [-0.2, 0) is 4.79 Å². The summed E-state index contributed by atoms with van der Waals surface area (Å²) in [4.78, 5) is 30.0. The minimum absolute atomic E-state index is 0.0861. The Hall–Kier alpha value is -5.25. The van der Waals surface area contributed by atoms with Crippen LogP contribution >= 0.6 is 0 Å². The molecule has 0 atom stereocenters. The summed E-state index contributed by atoms with van der Waals surface area (Å²) in [6.45, 7) is 5.83. The highest BCUT2D eigenvalue weighted by molar-refractivity contribution is 5.97. The average molecular weight is 532 g/mol. The van der Waals surface area contributed by atoms with Crippen molar-refractivity contribution < 1.29 is 14.3 Å². The highest BCUT2D eigenvalue weighted by Crippen LogP contribution is 2.38. The van der Waals surface area contributed by atoms with Crippen LogP contribution < -0.4 is 14.8 Å². The van der Waals surface area contributed by atoms with Crippen LogP contribution in [0.25, 0.3) is 56.0 Å². The number of imidazole rings is 1. The van der Waals surface area contributed by atoms with Crippen LogP contribution in [-0.4, -0.2) is 42.8 Å². The lowest BCUT2D eigenvalue weighted by molar-refractivity contribution is -0.123. The van der Waals surface area contributed by atoms with Crippen LogP contribution in [0.15, 0.2) is 67.0 Å². The summed E-state index contributed by atoms with van der Waals surface area (Å²) in [5.74, 6) is 1.97. The van der Waals surface area contributed by atoms with Gasteiger partial charge in [-0.3, -0.25) is 14.9 Å². The number of anilines is 1. The second-order valence-corrected chi connectivity index (χ2v) is 10.7. The highest BCUT2D eigenvalue weighted by Gasteiger charge is 2.22. The molecule has 1 aliphatic rings. The van der Waals surface area contributed by atoms with E-state index in [1.54, 1.807) is 12.4 Å². The fourth-order valence-electron chi connectivity index (χ4n) is 4.63. The molecule has 198 valence electrons. The predicted octanol–water partition coefficient (Wildman–Crippen LogP) is 5.94. The van der Waals surface area contributed by atoms with Gasteiger partial charge in [0.15, 0.2) is 23.0 Å². The van der Waals surface area contributed by atoms with Crippen molar-refractivity contribution in [3.8, 4) is 45.4 Å². The van der Waals surface area contributed by atoms with Crippen LogP contribution in [0.2, 0.25) is 0 Å². The second-order valence-electron chi connectivity index (χ2n) is 10.7. The largest absolute Gasteiger partial charge is 0.454 e. The van der Waals surface area contributed by atoms with Crippen molar-refractivity contribution in [2.75, 3.05) is 12.1 Å². The third-order valence-electron chi connectivity index (χ3n) is 6.80. The Morgan fingerprint density at radius 2 is 1.77 bits per heavy atom. The summed E-state index contributed by atoms with van der Waals surface area (Å²) in [5, 5.41) is 10.5. The number of hydrogen-bond donors (Lipinski definition) is 3. The number of nitrogens with one attached hydrogen (secondary N) is 3. The second kappa shape index (κ2) is 8.91. The van der Waals surface area contributed by atoms with E-state index in [2.05, 4.69) is 25.5 Å². The zero-order valence-electron chi connectivity index (χ0n) is 22.1. The summed E-state index contributed by atoms with van der Waals surface area (Å²) in [5.41, 5.74) is 7.26. The van der Waals surface area contributed by atoms with E-state index >= 15 is 0 Å². The number of pyridine rings is 2. The molecule has 3 N–H and O–H groups in total. The first-order chi connectivity index (χ1) is 19.3. The van der Waals surface area contributed by atoms with Gasteiger partial charge in [-0.05, 0) is 42.0 Å². The quantitative estimate of drug-likeness (QED) is 0.256. The standard InChI is InChI=1S/C30H25N7O3/c1-30(2,3)29(38)32-18-11-17(13-31-14-18)20-8-9-22-26(33-20)27(37-36-22)28-34-21-6-4-5-19(25(21)35-28)16-7-10-23-24(12-16)40-15-39-23/h4-14H,15H2,1-3H3,(H,32,38)(H,34,35)(H,36,37). The first kappa shape index (κ1) is 23.8. The number of rotatable bonds is 4.